The molecule has 1 amide bonds. The molecule has 6 atom stereocenters. The highest BCUT2D eigenvalue weighted by Gasteiger charge is 2.53. The molecule has 3 aliphatic heterocycles. The summed E-state index contributed by atoms with van der Waals surface area (Å²) in [6.45, 7) is 1.90. The van der Waals surface area contributed by atoms with Gasteiger partial charge in [-0.3, -0.25) is 4.79 Å². The van der Waals surface area contributed by atoms with Gasteiger partial charge in [0.25, 0.3) is 5.91 Å². The number of anilines is 1. The van der Waals surface area contributed by atoms with Crippen molar-refractivity contribution in [1.82, 2.24) is 20.4 Å². The fourth-order valence-electron chi connectivity index (χ4n) is 5.91. The van der Waals surface area contributed by atoms with Gasteiger partial charge in [-0.2, -0.15) is 18.3 Å². The molecule has 1 aromatic rings. The summed E-state index contributed by atoms with van der Waals surface area (Å²) in [4.78, 5) is 16.8. The van der Waals surface area contributed by atoms with Crippen molar-refractivity contribution in [2.45, 2.75) is 74.2 Å². The summed E-state index contributed by atoms with van der Waals surface area (Å²) in [5.41, 5.74) is -2.27. The van der Waals surface area contributed by atoms with E-state index in [9.17, 15) is 23.1 Å². The highest BCUT2D eigenvalue weighted by Crippen LogP contribution is 2.40. The van der Waals surface area contributed by atoms with E-state index >= 15 is 0 Å². The lowest BCUT2D eigenvalue weighted by Crippen LogP contribution is -2.56. The van der Waals surface area contributed by atoms with Gasteiger partial charge in [-0.25, -0.2) is 0 Å². The van der Waals surface area contributed by atoms with E-state index in [1.165, 1.54) is 0 Å². The summed E-state index contributed by atoms with van der Waals surface area (Å²) >= 11 is 0. The molecule has 4 heterocycles. The standard InChI is InChI=1S/C22H30F3N5O4/c1-33-18-12-34-5-3-17(18)27-14-2-4-21(32,8-14)20(31)30-11-15-7-16(30)10-29(15)19-6-13(9-26-28-19)22(23,24)25/h6,9,14-18,27,32H,2-5,7-8,10-12H2,1H3/t14-,15+,16+,17+,18-,21-/m1/s1. The Morgan fingerprint density at radius 1 is 1.32 bits per heavy atom. The summed E-state index contributed by atoms with van der Waals surface area (Å²) in [5.74, 6) is -0.114. The van der Waals surface area contributed by atoms with Crippen LogP contribution in [0.1, 0.15) is 37.7 Å². The van der Waals surface area contributed by atoms with Crippen molar-refractivity contribution in [1.29, 1.82) is 0 Å². The largest absolute Gasteiger partial charge is 0.418 e. The van der Waals surface area contributed by atoms with Crippen molar-refractivity contribution in [3.8, 4) is 0 Å². The molecule has 0 spiro atoms. The molecule has 2 N–H and O–H groups in total. The van der Waals surface area contributed by atoms with E-state index in [1.807, 2.05) is 0 Å². The minimum atomic E-state index is -4.49. The second-order valence-electron chi connectivity index (χ2n) is 9.84. The van der Waals surface area contributed by atoms with Gasteiger partial charge in [-0.05, 0) is 31.7 Å². The summed E-state index contributed by atoms with van der Waals surface area (Å²) < 4.78 is 50.1. The second kappa shape index (κ2) is 8.89. The number of alkyl halides is 3. The van der Waals surface area contributed by atoms with Crippen LogP contribution >= 0.6 is 0 Å². The molecule has 2 bridgehead atoms. The second-order valence-corrected chi connectivity index (χ2v) is 9.84. The van der Waals surface area contributed by atoms with Crippen LogP contribution in [0.25, 0.3) is 0 Å². The topological polar surface area (TPSA) is 100 Å². The van der Waals surface area contributed by atoms with Crippen LogP contribution in [-0.2, 0) is 20.4 Å². The number of likely N-dealkylation sites (tertiary alicyclic amines) is 1. The van der Waals surface area contributed by atoms with Crippen LogP contribution in [0.2, 0.25) is 0 Å². The van der Waals surface area contributed by atoms with Crippen molar-refractivity contribution < 1.29 is 32.5 Å². The highest BCUT2D eigenvalue weighted by atomic mass is 19.4. The quantitative estimate of drug-likeness (QED) is 0.637. The molecule has 0 radical (unpaired) electrons. The zero-order valence-electron chi connectivity index (χ0n) is 19.0. The molecular weight excluding hydrogens is 455 g/mol. The van der Waals surface area contributed by atoms with Gasteiger partial charge in [0.1, 0.15) is 5.60 Å². The first-order valence-corrected chi connectivity index (χ1v) is 11.7. The van der Waals surface area contributed by atoms with E-state index in [4.69, 9.17) is 9.47 Å². The van der Waals surface area contributed by atoms with Crippen LogP contribution in [0, 0.1) is 0 Å². The number of carbonyl (C=O) groups is 1. The fraction of sp³-hybridized carbons (Fsp3) is 0.773. The number of amides is 1. The average molecular weight is 486 g/mol. The Morgan fingerprint density at radius 2 is 2.15 bits per heavy atom. The lowest BCUT2D eigenvalue weighted by atomic mass is 9.98. The molecule has 9 nitrogen and oxygen atoms in total. The van der Waals surface area contributed by atoms with E-state index < -0.39 is 17.3 Å². The maximum Gasteiger partial charge on any atom is 0.418 e. The monoisotopic (exact) mass is 485 g/mol. The number of carbonyl (C=O) groups excluding carboxylic acids is 1. The number of ether oxygens (including phenoxy) is 2. The van der Waals surface area contributed by atoms with Gasteiger partial charge in [-0.1, -0.05) is 0 Å². The van der Waals surface area contributed by atoms with Crippen molar-refractivity contribution in [2.75, 3.05) is 38.3 Å². The number of nitrogens with zero attached hydrogens (tertiary/aromatic N) is 4. The van der Waals surface area contributed by atoms with E-state index in [-0.39, 0.29) is 42.0 Å². The smallest absolute Gasteiger partial charge is 0.380 e. The molecular formula is C22H30F3N5O4. The number of hydrogen-bond donors (Lipinski definition) is 2. The van der Waals surface area contributed by atoms with Gasteiger partial charge < -0.3 is 29.7 Å². The molecule has 4 aliphatic rings. The first kappa shape index (κ1) is 23.7. The molecule has 1 saturated carbocycles. The Balaban J connectivity index is 1.20. The van der Waals surface area contributed by atoms with Gasteiger partial charge in [0.05, 0.1) is 36.6 Å². The summed E-state index contributed by atoms with van der Waals surface area (Å²) in [7, 11) is 1.65. The van der Waals surface area contributed by atoms with Gasteiger partial charge in [-0.15, -0.1) is 5.10 Å². The number of rotatable bonds is 5. The Hall–Kier alpha value is -2.02. The van der Waals surface area contributed by atoms with E-state index in [0.29, 0.717) is 58.2 Å². The van der Waals surface area contributed by atoms with Crippen LogP contribution in [0.15, 0.2) is 12.3 Å². The van der Waals surface area contributed by atoms with E-state index in [1.54, 1.807) is 16.9 Å². The maximum absolute atomic E-state index is 13.4. The molecule has 0 aromatic carbocycles. The van der Waals surface area contributed by atoms with Crippen molar-refractivity contribution >= 4 is 11.7 Å². The number of piperazine rings is 1. The van der Waals surface area contributed by atoms with Crippen LogP contribution in [0.3, 0.4) is 0 Å². The zero-order chi connectivity index (χ0) is 24.1. The SMILES string of the molecule is CO[C@@H]1COCC[C@@H]1N[C@@H]1CC[C@](O)(C(=O)N2C[C@@H]3C[C@H]2CN3c2cc(C(F)(F)F)cnn2)C1. The van der Waals surface area contributed by atoms with Gasteiger partial charge in [0.2, 0.25) is 0 Å². The number of aromatic nitrogens is 2. The summed E-state index contributed by atoms with van der Waals surface area (Å²) in [6, 6.07) is 0.815. The highest BCUT2D eigenvalue weighted by molar-refractivity contribution is 5.86. The Kier molecular flexibility index (Phi) is 6.20. The van der Waals surface area contributed by atoms with Crippen molar-refractivity contribution in [2.24, 2.45) is 0 Å². The summed E-state index contributed by atoms with van der Waals surface area (Å²) in [5, 5.41) is 22.2. The molecule has 3 saturated heterocycles. The number of hydrogen-bond acceptors (Lipinski definition) is 8. The first-order valence-electron chi connectivity index (χ1n) is 11.7. The van der Waals surface area contributed by atoms with Crippen LogP contribution in [-0.4, -0.2) is 95.4 Å². The minimum absolute atomic E-state index is 0.00590. The van der Waals surface area contributed by atoms with Gasteiger partial charge >= 0.3 is 6.18 Å². The third kappa shape index (κ3) is 4.36. The van der Waals surface area contributed by atoms with Gasteiger partial charge in [0, 0.05) is 45.3 Å². The van der Waals surface area contributed by atoms with Crippen molar-refractivity contribution in [3.63, 3.8) is 0 Å². The van der Waals surface area contributed by atoms with Crippen LogP contribution < -0.4 is 10.2 Å². The van der Waals surface area contributed by atoms with E-state index in [2.05, 4.69) is 15.5 Å². The number of halogens is 3. The Morgan fingerprint density at radius 3 is 2.85 bits per heavy atom. The molecule has 34 heavy (non-hydrogen) atoms. The normalized spacial score (nSPS) is 35.9. The molecule has 12 heteroatoms. The number of methoxy groups -OCH3 is 1. The summed E-state index contributed by atoms with van der Waals surface area (Å²) in [6.07, 6.45) is -0.998. The Bertz CT molecular complexity index is 921. The van der Waals surface area contributed by atoms with Crippen LogP contribution in [0.4, 0.5) is 19.0 Å². The average Bonchev–Trinajstić information content (AvgIpc) is 3.53. The molecule has 1 aromatic heterocycles. The third-order valence-electron chi connectivity index (χ3n) is 7.71. The fourth-order valence-corrected chi connectivity index (χ4v) is 5.91. The van der Waals surface area contributed by atoms with Crippen LogP contribution in [0.5, 0.6) is 0 Å². The number of fused-ring (bicyclic) bond motifs is 2. The number of nitrogens with one attached hydrogen (secondary N) is 1. The van der Waals surface area contributed by atoms with E-state index in [0.717, 1.165) is 12.5 Å². The minimum Gasteiger partial charge on any atom is -0.380 e. The lowest BCUT2D eigenvalue weighted by Gasteiger charge is -2.38. The molecule has 1 aliphatic carbocycles. The third-order valence-corrected chi connectivity index (χ3v) is 7.71. The molecule has 4 fully saturated rings. The zero-order valence-corrected chi connectivity index (χ0v) is 19.0. The predicted octanol–water partition coefficient (Wildman–Crippen LogP) is 0.962. The molecule has 0 unspecified atom stereocenters. The molecule has 188 valence electrons. The predicted molar refractivity (Wildman–Crippen MR) is 114 cm³/mol. The maximum atomic E-state index is 13.4. The number of aliphatic hydroxyl groups is 1. The Labute approximate surface area is 195 Å². The first-order chi connectivity index (χ1) is 16.2. The van der Waals surface area contributed by atoms with Crippen molar-refractivity contribution in [3.05, 3.63) is 17.8 Å². The lowest BCUT2D eigenvalue weighted by molar-refractivity contribution is -0.152. The van der Waals surface area contributed by atoms with Gasteiger partial charge in [0.15, 0.2) is 5.82 Å². The molecule has 5 rings (SSSR count).